The number of benzene rings is 1. The van der Waals surface area contributed by atoms with Crippen LogP contribution in [0.4, 0.5) is 0 Å². The van der Waals surface area contributed by atoms with Crippen molar-refractivity contribution in [3.8, 4) is 0 Å². The van der Waals surface area contributed by atoms with Crippen molar-refractivity contribution in [1.82, 2.24) is 5.32 Å². The van der Waals surface area contributed by atoms with Crippen molar-refractivity contribution in [2.45, 2.75) is 13.3 Å². The van der Waals surface area contributed by atoms with Crippen LogP contribution >= 0.6 is 22.6 Å². The van der Waals surface area contributed by atoms with Crippen LogP contribution in [0.1, 0.15) is 18.9 Å². The molecule has 0 atom stereocenters. The third kappa shape index (κ3) is 5.35. The highest BCUT2D eigenvalue weighted by Gasteiger charge is 1.97. The number of halogens is 1. The Morgan fingerprint density at radius 1 is 1.44 bits per heavy atom. The third-order valence-electron chi connectivity index (χ3n) is 2.20. The molecule has 1 rings (SSSR count). The van der Waals surface area contributed by atoms with Gasteiger partial charge in [-0.2, -0.15) is 0 Å². The fourth-order valence-electron chi connectivity index (χ4n) is 1.31. The second kappa shape index (κ2) is 7.92. The lowest BCUT2D eigenvalue weighted by molar-refractivity contribution is 0.765. The van der Waals surface area contributed by atoms with Crippen LogP contribution in [0.2, 0.25) is 0 Å². The summed E-state index contributed by atoms with van der Waals surface area (Å²) in [6.45, 7) is 6.82. The van der Waals surface area contributed by atoms with Gasteiger partial charge in [-0.3, -0.25) is 0 Å². The van der Waals surface area contributed by atoms with Gasteiger partial charge in [-0.1, -0.05) is 43.8 Å². The van der Waals surface area contributed by atoms with E-state index in [2.05, 4.69) is 46.4 Å². The second-order valence-electron chi connectivity index (χ2n) is 3.77. The van der Waals surface area contributed by atoms with E-state index in [1.54, 1.807) is 0 Å². The molecule has 0 radical (unpaired) electrons. The van der Waals surface area contributed by atoms with Crippen LogP contribution in [-0.4, -0.2) is 10.3 Å². The van der Waals surface area contributed by atoms with Gasteiger partial charge in [-0.05, 0) is 40.7 Å². The van der Waals surface area contributed by atoms with Crippen molar-refractivity contribution in [3.63, 3.8) is 0 Å². The molecule has 0 fully saturated rings. The molecule has 0 spiro atoms. The first-order valence-electron chi connectivity index (χ1n) is 5.83. The molecule has 96 valence electrons. The summed E-state index contributed by atoms with van der Waals surface area (Å²) >= 11 is 2.14. The monoisotopic (exact) mass is 355 g/mol. The number of hydrogen-bond acceptors (Lipinski definition) is 3. The van der Waals surface area contributed by atoms with Crippen molar-refractivity contribution in [2.75, 3.05) is 6.54 Å². The lowest BCUT2D eigenvalue weighted by Gasteiger charge is -2.04. The van der Waals surface area contributed by atoms with E-state index >= 15 is 0 Å². The molecule has 0 aliphatic heterocycles. The van der Waals surface area contributed by atoms with E-state index in [0.717, 1.165) is 22.2 Å². The SMILES string of the molecule is C=C(N=C(I)/C=C(\N)c1ccccc1)NCCC. The normalized spacial score (nSPS) is 12.3. The maximum atomic E-state index is 6.00. The molecule has 1 aromatic carbocycles. The fourth-order valence-corrected chi connectivity index (χ4v) is 1.94. The molecule has 0 aromatic heterocycles. The standard InChI is InChI=1S/C14H18IN3/c1-3-9-17-11(2)18-14(15)10-13(16)12-7-5-4-6-8-12/h4-8,10,17H,2-3,9,16H2,1H3/b13-10-,18-14?. The molecule has 18 heavy (non-hydrogen) atoms. The fraction of sp³-hybridized carbons (Fsp3) is 0.214. The van der Waals surface area contributed by atoms with Crippen LogP contribution in [-0.2, 0) is 0 Å². The largest absolute Gasteiger partial charge is 0.398 e. The first kappa shape index (κ1) is 14.8. The minimum absolute atomic E-state index is 0.665. The molecule has 0 bridgehead atoms. The summed E-state index contributed by atoms with van der Waals surface area (Å²) in [5, 5.41) is 3.12. The van der Waals surface area contributed by atoms with Gasteiger partial charge < -0.3 is 11.1 Å². The van der Waals surface area contributed by atoms with Crippen molar-refractivity contribution >= 4 is 32.0 Å². The molecule has 0 saturated heterocycles. The molecule has 0 heterocycles. The molecule has 1 aromatic rings. The summed E-state index contributed by atoms with van der Waals surface area (Å²) in [4.78, 5) is 4.32. The summed E-state index contributed by atoms with van der Waals surface area (Å²) in [5.74, 6) is 0.665. The van der Waals surface area contributed by atoms with Gasteiger partial charge in [-0.15, -0.1) is 0 Å². The van der Waals surface area contributed by atoms with Crippen LogP contribution in [0.3, 0.4) is 0 Å². The Hall–Kier alpha value is -1.30. The third-order valence-corrected chi connectivity index (χ3v) is 2.76. The number of nitrogens with two attached hydrogens (primary N) is 1. The molecule has 0 aliphatic rings. The number of allylic oxidation sites excluding steroid dienone is 1. The summed E-state index contributed by atoms with van der Waals surface area (Å²) in [6, 6.07) is 9.83. The summed E-state index contributed by atoms with van der Waals surface area (Å²) in [5.41, 5.74) is 7.69. The second-order valence-corrected chi connectivity index (χ2v) is 4.88. The van der Waals surface area contributed by atoms with E-state index in [1.807, 2.05) is 36.4 Å². The van der Waals surface area contributed by atoms with E-state index in [0.29, 0.717) is 11.5 Å². The Bertz CT molecular complexity index is 449. The molecular weight excluding hydrogens is 337 g/mol. The first-order chi connectivity index (χ1) is 8.63. The van der Waals surface area contributed by atoms with E-state index < -0.39 is 0 Å². The van der Waals surface area contributed by atoms with E-state index in [-0.39, 0.29) is 0 Å². The van der Waals surface area contributed by atoms with Crippen LogP contribution in [0.25, 0.3) is 5.70 Å². The van der Waals surface area contributed by atoms with Gasteiger partial charge in [0.25, 0.3) is 0 Å². The van der Waals surface area contributed by atoms with Crippen LogP contribution in [0.15, 0.2) is 53.8 Å². The Balaban J connectivity index is 2.70. The lowest BCUT2D eigenvalue weighted by Crippen LogP contribution is -2.12. The van der Waals surface area contributed by atoms with Gasteiger partial charge in [0, 0.05) is 12.2 Å². The lowest BCUT2D eigenvalue weighted by atomic mass is 10.1. The molecule has 4 heteroatoms. The van der Waals surface area contributed by atoms with Crippen LogP contribution in [0, 0.1) is 0 Å². The quantitative estimate of drug-likeness (QED) is 0.608. The average molecular weight is 355 g/mol. The maximum Gasteiger partial charge on any atom is 0.119 e. The van der Waals surface area contributed by atoms with Crippen LogP contribution in [0.5, 0.6) is 0 Å². The molecule has 3 nitrogen and oxygen atoms in total. The Kier molecular flexibility index (Phi) is 6.49. The van der Waals surface area contributed by atoms with E-state index in [1.165, 1.54) is 0 Å². The van der Waals surface area contributed by atoms with Gasteiger partial charge in [-0.25, -0.2) is 4.99 Å². The van der Waals surface area contributed by atoms with Crippen molar-refractivity contribution in [1.29, 1.82) is 0 Å². The Morgan fingerprint density at radius 2 is 2.11 bits per heavy atom. The average Bonchev–Trinajstić information content (AvgIpc) is 2.37. The van der Waals surface area contributed by atoms with Crippen molar-refractivity contribution < 1.29 is 0 Å². The zero-order chi connectivity index (χ0) is 13.4. The van der Waals surface area contributed by atoms with Gasteiger partial charge in [0.2, 0.25) is 0 Å². The van der Waals surface area contributed by atoms with Crippen molar-refractivity contribution in [3.05, 3.63) is 54.4 Å². The molecule has 0 aliphatic carbocycles. The zero-order valence-electron chi connectivity index (χ0n) is 10.5. The molecule has 0 amide bonds. The minimum atomic E-state index is 0.665. The zero-order valence-corrected chi connectivity index (χ0v) is 12.6. The Morgan fingerprint density at radius 3 is 2.72 bits per heavy atom. The smallest absolute Gasteiger partial charge is 0.119 e. The summed E-state index contributed by atoms with van der Waals surface area (Å²) < 4.78 is 0.808. The maximum absolute atomic E-state index is 6.00. The van der Waals surface area contributed by atoms with Gasteiger partial charge in [0.1, 0.15) is 9.54 Å². The first-order valence-corrected chi connectivity index (χ1v) is 6.91. The van der Waals surface area contributed by atoms with E-state index in [4.69, 9.17) is 5.73 Å². The number of hydrogen-bond donors (Lipinski definition) is 2. The molecular formula is C14H18IN3. The predicted octanol–water partition coefficient (Wildman–Crippen LogP) is 3.29. The van der Waals surface area contributed by atoms with Crippen LogP contribution < -0.4 is 11.1 Å². The minimum Gasteiger partial charge on any atom is -0.398 e. The topological polar surface area (TPSA) is 50.4 Å². The summed E-state index contributed by atoms with van der Waals surface area (Å²) in [6.07, 6.45) is 2.89. The number of nitrogens with zero attached hydrogens (tertiary/aromatic N) is 1. The summed E-state index contributed by atoms with van der Waals surface area (Å²) in [7, 11) is 0. The highest BCUT2D eigenvalue weighted by atomic mass is 127. The van der Waals surface area contributed by atoms with Crippen molar-refractivity contribution in [2.24, 2.45) is 10.7 Å². The van der Waals surface area contributed by atoms with Gasteiger partial charge >= 0.3 is 0 Å². The molecule has 0 saturated carbocycles. The number of rotatable bonds is 6. The number of nitrogens with one attached hydrogen (secondary N) is 1. The van der Waals surface area contributed by atoms with Gasteiger partial charge in [0.15, 0.2) is 0 Å². The highest BCUT2D eigenvalue weighted by molar-refractivity contribution is 14.1. The molecule has 3 N–H and O–H groups in total. The number of aliphatic imine (C=N–C) groups is 1. The Labute approximate surface area is 122 Å². The highest BCUT2D eigenvalue weighted by Crippen LogP contribution is 2.10. The predicted molar refractivity (Wildman–Crippen MR) is 87.5 cm³/mol. The van der Waals surface area contributed by atoms with E-state index in [9.17, 15) is 0 Å². The van der Waals surface area contributed by atoms with Gasteiger partial charge in [0.05, 0.1) is 0 Å². The molecule has 0 unspecified atom stereocenters.